The van der Waals surface area contributed by atoms with Crippen molar-refractivity contribution in [3.8, 4) is 0 Å². The Morgan fingerprint density at radius 3 is 1.81 bits per heavy atom. The van der Waals surface area contributed by atoms with E-state index < -0.39 is 40.6 Å². The smallest absolute Gasteiger partial charge is 1.00 e. The minimum atomic E-state index is -4.78. The molecule has 0 radical (unpaired) electrons. The van der Waals surface area contributed by atoms with E-state index in [1.54, 1.807) is 0 Å². The number of nitrogen functional groups attached to an aromatic ring is 1. The van der Waals surface area contributed by atoms with Crippen LogP contribution in [0.25, 0.3) is 12.2 Å². The first-order chi connectivity index (χ1) is 11.9. The maximum Gasteiger partial charge on any atom is 1.00 e. The van der Waals surface area contributed by atoms with Crippen LogP contribution in [0.3, 0.4) is 0 Å². The molecule has 0 unspecified atom stereocenters. The maximum atomic E-state index is 11.5. The van der Waals surface area contributed by atoms with Crippen molar-refractivity contribution in [2.75, 3.05) is 5.73 Å². The van der Waals surface area contributed by atoms with Crippen LogP contribution in [0.5, 0.6) is 0 Å². The summed E-state index contributed by atoms with van der Waals surface area (Å²) in [5, 5.41) is 10.8. The van der Waals surface area contributed by atoms with Gasteiger partial charge in [0.2, 0.25) is 0 Å². The number of nitro benzene ring substituents is 1. The zero-order valence-electron chi connectivity index (χ0n) is 14.8. The average molecular weight is 424 g/mol. The molecular weight excluding hydrogens is 411 g/mol. The topological polar surface area (TPSA) is 178 Å². The van der Waals surface area contributed by atoms with Gasteiger partial charge in [0, 0.05) is 17.8 Å². The predicted molar refractivity (Wildman–Crippen MR) is 93.6 cm³/mol. The summed E-state index contributed by atoms with van der Waals surface area (Å²) in [6.45, 7) is 0. The van der Waals surface area contributed by atoms with E-state index in [1.807, 2.05) is 0 Å². The van der Waals surface area contributed by atoms with E-state index in [0.29, 0.717) is 6.07 Å². The Labute approximate surface area is 178 Å². The third-order valence-electron chi connectivity index (χ3n) is 3.24. The molecule has 2 rings (SSSR count). The molecule has 0 amide bonds. The fourth-order valence-corrected chi connectivity index (χ4v) is 3.51. The molecule has 0 aliphatic rings. The fraction of sp³-hybridized carbons (Fsp3) is 0. The molecule has 13 heteroatoms. The van der Waals surface area contributed by atoms with Gasteiger partial charge in [-0.3, -0.25) is 19.2 Å². The molecule has 10 nitrogen and oxygen atoms in total. The first-order valence-electron chi connectivity index (χ1n) is 6.70. The summed E-state index contributed by atoms with van der Waals surface area (Å²) in [5.41, 5.74) is 4.86. The van der Waals surface area contributed by atoms with Crippen LogP contribution in [0.1, 0.15) is 12.6 Å². The number of rotatable bonds is 5. The van der Waals surface area contributed by atoms with Crippen LogP contribution in [0.15, 0.2) is 46.2 Å². The Morgan fingerprint density at radius 1 is 0.926 bits per heavy atom. The number of hydrogen-bond donors (Lipinski definition) is 3. The number of anilines is 1. The second-order valence-electron chi connectivity index (χ2n) is 5.06. The Kier molecular flexibility index (Phi) is 7.30. The summed E-state index contributed by atoms with van der Waals surface area (Å²) in [4.78, 5) is 8.69. The summed E-state index contributed by atoms with van der Waals surface area (Å²) in [5.74, 6) is 0. The van der Waals surface area contributed by atoms with Crippen molar-refractivity contribution < 1.29 is 61.8 Å². The molecule has 0 bridgehead atoms. The van der Waals surface area contributed by atoms with E-state index >= 15 is 0 Å². The number of hydrogen-bond acceptors (Lipinski definition) is 7. The van der Waals surface area contributed by atoms with E-state index in [2.05, 4.69) is 0 Å². The molecule has 0 spiro atoms. The van der Waals surface area contributed by atoms with Crippen LogP contribution < -0.4 is 35.3 Å². The average Bonchev–Trinajstić information content (AvgIpc) is 2.51. The third kappa shape index (κ3) is 5.84. The number of nitrogens with zero attached hydrogens (tertiary/aromatic N) is 1. The molecular formula is C14H13N2NaO8S2. The van der Waals surface area contributed by atoms with Crippen molar-refractivity contribution in [2.45, 2.75) is 9.79 Å². The first kappa shape index (κ1) is 23.2. The van der Waals surface area contributed by atoms with Gasteiger partial charge in [0.05, 0.1) is 4.92 Å². The quantitative estimate of drug-likeness (QED) is 0.135. The summed E-state index contributed by atoms with van der Waals surface area (Å²) >= 11 is 0. The van der Waals surface area contributed by atoms with Crippen LogP contribution in [0, 0.1) is 10.1 Å². The Hall–Kier alpha value is -1.80. The van der Waals surface area contributed by atoms with Crippen molar-refractivity contribution in [2.24, 2.45) is 0 Å². The molecule has 0 aliphatic carbocycles. The summed E-state index contributed by atoms with van der Waals surface area (Å²) in [7, 11) is -9.39. The standard InChI is InChI=1S/C14H12N2O8S2.Na.H/c15-11-5-3-9(13(7-11)25(19,20)21)1-2-10-4-6-12(16(17)18)8-14(10)26(22,23)24;;/h1-8H,15H2,(H,19,20,21)(H,22,23,24);;/q;+1;-1. The fourth-order valence-electron chi connectivity index (χ4n) is 2.09. The minimum Gasteiger partial charge on any atom is -1.00 e. The van der Waals surface area contributed by atoms with Gasteiger partial charge in [-0.1, -0.05) is 18.2 Å². The monoisotopic (exact) mass is 424 g/mol. The van der Waals surface area contributed by atoms with E-state index in [4.69, 9.17) is 5.73 Å². The van der Waals surface area contributed by atoms with Gasteiger partial charge < -0.3 is 7.16 Å². The second kappa shape index (κ2) is 8.48. The number of non-ortho nitro benzene ring substituents is 1. The van der Waals surface area contributed by atoms with Crippen molar-refractivity contribution in [3.63, 3.8) is 0 Å². The van der Waals surface area contributed by atoms with Crippen LogP contribution >= 0.6 is 0 Å². The molecule has 0 aliphatic heterocycles. The van der Waals surface area contributed by atoms with Crippen LogP contribution in [-0.2, 0) is 20.2 Å². The van der Waals surface area contributed by atoms with E-state index in [0.717, 1.165) is 30.4 Å². The first-order valence-corrected chi connectivity index (χ1v) is 9.58. The van der Waals surface area contributed by atoms with Gasteiger partial charge in [-0.2, -0.15) is 16.8 Å². The molecule has 2 aromatic carbocycles. The van der Waals surface area contributed by atoms with Gasteiger partial charge >= 0.3 is 29.6 Å². The van der Waals surface area contributed by atoms with Crippen molar-refractivity contribution >= 4 is 43.8 Å². The van der Waals surface area contributed by atoms with E-state index in [-0.39, 0.29) is 47.8 Å². The van der Waals surface area contributed by atoms with Gasteiger partial charge in [0.1, 0.15) is 9.79 Å². The zero-order chi connectivity index (χ0) is 19.7. The molecule has 0 atom stereocenters. The number of nitro groups is 1. The molecule has 0 aromatic heterocycles. The molecule has 27 heavy (non-hydrogen) atoms. The molecule has 0 fully saturated rings. The molecule has 2 aromatic rings. The predicted octanol–water partition coefficient (Wildman–Crippen LogP) is -1.04. The molecule has 140 valence electrons. The van der Waals surface area contributed by atoms with Crippen molar-refractivity contribution in [1.29, 1.82) is 0 Å². The Morgan fingerprint density at radius 2 is 1.37 bits per heavy atom. The number of benzene rings is 2. The van der Waals surface area contributed by atoms with Crippen LogP contribution in [-0.4, -0.2) is 30.9 Å². The van der Waals surface area contributed by atoms with Crippen molar-refractivity contribution in [1.82, 2.24) is 0 Å². The summed E-state index contributed by atoms with van der Waals surface area (Å²) in [6, 6.07) is 6.39. The van der Waals surface area contributed by atoms with Gasteiger partial charge in [-0.05, 0) is 29.3 Å². The summed E-state index contributed by atoms with van der Waals surface area (Å²) < 4.78 is 64.3. The van der Waals surface area contributed by atoms with Gasteiger partial charge in [-0.25, -0.2) is 0 Å². The van der Waals surface area contributed by atoms with Gasteiger partial charge in [0.15, 0.2) is 0 Å². The molecule has 0 saturated carbocycles. The Bertz CT molecular complexity index is 1130. The zero-order valence-corrected chi connectivity index (χ0v) is 17.4. The third-order valence-corrected chi connectivity index (χ3v) is 5.06. The molecule has 0 heterocycles. The van der Waals surface area contributed by atoms with Crippen LogP contribution in [0.4, 0.5) is 11.4 Å². The van der Waals surface area contributed by atoms with Crippen LogP contribution in [0.2, 0.25) is 0 Å². The Balaban J connectivity index is 0.00000364. The molecule has 0 saturated heterocycles. The minimum absolute atomic E-state index is 0. The number of nitrogens with two attached hydrogens (primary N) is 1. The largest absolute Gasteiger partial charge is 1.00 e. The van der Waals surface area contributed by atoms with Crippen molar-refractivity contribution in [3.05, 3.63) is 57.6 Å². The van der Waals surface area contributed by atoms with Gasteiger partial charge in [-0.15, -0.1) is 0 Å². The summed E-state index contributed by atoms with van der Waals surface area (Å²) in [6.07, 6.45) is 2.27. The normalized spacial score (nSPS) is 11.9. The SMILES string of the molecule is Nc1ccc(C=Cc2ccc([N+](=O)[O-])cc2S(=O)(=O)O)c(S(=O)(=O)O)c1.[H-].[Na+]. The second-order valence-corrected chi connectivity index (χ2v) is 7.84. The van der Waals surface area contributed by atoms with E-state index in [9.17, 15) is 36.1 Å². The maximum absolute atomic E-state index is 11.5. The van der Waals surface area contributed by atoms with E-state index in [1.165, 1.54) is 12.1 Å². The molecule has 4 N–H and O–H groups in total. The van der Waals surface area contributed by atoms with Gasteiger partial charge in [0.25, 0.3) is 25.9 Å².